The molecule has 1 saturated heterocycles. The summed E-state index contributed by atoms with van der Waals surface area (Å²) < 4.78 is 1.95. The fraction of sp³-hybridized carbons (Fsp3) is 0.560. The highest BCUT2D eigenvalue weighted by Crippen LogP contribution is 2.34. The summed E-state index contributed by atoms with van der Waals surface area (Å²) in [5.41, 5.74) is 1.89. The molecule has 9 heteroatoms. The van der Waals surface area contributed by atoms with Crippen LogP contribution < -0.4 is 15.5 Å². The first-order chi connectivity index (χ1) is 16.4. The predicted molar refractivity (Wildman–Crippen MR) is 139 cm³/mol. The first-order valence-corrected chi connectivity index (χ1v) is 13.2. The van der Waals surface area contributed by atoms with Gasteiger partial charge in [-0.3, -0.25) is 9.69 Å². The molecule has 3 heterocycles. The Bertz CT molecular complexity index is 1120. The van der Waals surface area contributed by atoms with Crippen LogP contribution in [0.2, 0.25) is 0 Å². The van der Waals surface area contributed by atoms with Crippen LogP contribution in [0.3, 0.4) is 0 Å². The molecule has 182 valence electrons. The fourth-order valence-corrected chi connectivity index (χ4v) is 5.73. The summed E-state index contributed by atoms with van der Waals surface area (Å²) in [7, 11) is 0. The molecule has 1 aromatic carbocycles. The number of anilines is 2. The van der Waals surface area contributed by atoms with Gasteiger partial charge in [0.1, 0.15) is 5.69 Å². The minimum Gasteiger partial charge on any atom is -0.364 e. The first-order valence-electron chi connectivity index (χ1n) is 12.4. The molecule has 1 aliphatic heterocycles. The summed E-state index contributed by atoms with van der Waals surface area (Å²) in [5.74, 6) is 1.10. The second-order valence-corrected chi connectivity index (χ2v) is 11.4. The second kappa shape index (κ2) is 9.54. The van der Waals surface area contributed by atoms with E-state index in [1.807, 2.05) is 22.7 Å². The van der Waals surface area contributed by atoms with Crippen LogP contribution in [-0.4, -0.2) is 69.7 Å². The predicted octanol–water partition coefficient (Wildman–Crippen LogP) is 3.85. The van der Waals surface area contributed by atoms with Crippen molar-refractivity contribution in [2.45, 2.75) is 58.0 Å². The zero-order chi connectivity index (χ0) is 23.7. The summed E-state index contributed by atoms with van der Waals surface area (Å²) in [4.78, 5) is 22.8. The van der Waals surface area contributed by atoms with Crippen LogP contribution >= 0.6 is 11.3 Å². The number of amides is 1. The van der Waals surface area contributed by atoms with E-state index >= 15 is 0 Å². The lowest BCUT2D eigenvalue weighted by Gasteiger charge is -2.34. The summed E-state index contributed by atoms with van der Waals surface area (Å²) in [6.07, 6.45) is 4.73. The normalized spacial score (nSPS) is 18.0. The van der Waals surface area contributed by atoms with E-state index in [1.165, 1.54) is 12.8 Å². The summed E-state index contributed by atoms with van der Waals surface area (Å²) in [6, 6.07) is 10.7. The Kier molecular flexibility index (Phi) is 6.48. The molecule has 1 amide bonds. The van der Waals surface area contributed by atoms with Crippen LogP contribution in [-0.2, 0) is 4.79 Å². The highest BCUT2D eigenvalue weighted by molar-refractivity contribution is 7.20. The average Bonchev–Trinajstić information content (AvgIpc) is 3.52. The largest absolute Gasteiger partial charge is 0.364 e. The molecule has 5 rings (SSSR count). The molecule has 2 fully saturated rings. The summed E-state index contributed by atoms with van der Waals surface area (Å²) in [6.45, 7) is 10.4. The topological polar surface area (TPSA) is 77.8 Å². The van der Waals surface area contributed by atoms with Crippen molar-refractivity contribution >= 4 is 33.2 Å². The van der Waals surface area contributed by atoms with Crippen molar-refractivity contribution in [3.63, 3.8) is 0 Å². The first kappa shape index (κ1) is 23.1. The van der Waals surface area contributed by atoms with Crippen molar-refractivity contribution in [1.82, 2.24) is 24.8 Å². The van der Waals surface area contributed by atoms with Crippen molar-refractivity contribution in [1.29, 1.82) is 0 Å². The van der Waals surface area contributed by atoms with Crippen molar-refractivity contribution < 1.29 is 4.79 Å². The molecule has 2 aromatic heterocycles. The molecule has 8 nitrogen and oxygen atoms in total. The van der Waals surface area contributed by atoms with E-state index in [9.17, 15) is 4.79 Å². The minimum absolute atomic E-state index is 0.117. The number of imidazole rings is 1. The van der Waals surface area contributed by atoms with Gasteiger partial charge < -0.3 is 15.5 Å². The van der Waals surface area contributed by atoms with Crippen molar-refractivity contribution in [2.24, 2.45) is 0 Å². The number of benzene rings is 1. The van der Waals surface area contributed by atoms with Gasteiger partial charge in [-0.2, -0.15) is 4.52 Å². The molecule has 2 N–H and O–H groups in total. The standard InChI is InChI=1S/C25H35N7OS/c1-25(2,3)28-22-21(18-9-5-4-6-10-18)27-23-32(22)29-24(34-23)31-15-13-30(14-16-31)17-20(33)26-19-11-7-8-12-19/h4-6,9-10,19,28H,7-8,11-17H2,1-3H3,(H,26,33). The van der Waals surface area contributed by atoms with Gasteiger partial charge in [-0.15, -0.1) is 5.10 Å². The number of carbonyl (C=O) groups excluding carboxylic acids is 1. The third kappa shape index (κ3) is 5.20. The molecule has 3 aromatic rings. The van der Waals surface area contributed by atoms with E-state index in [2.05, 4.69) is 53.3 Å². The second-order valence-electron chi connectivity index (χ2n) is 10.4. The van der Waals surface area contributed by atoms with E-state index in [4.69, 9.17) is 10.1 Å². The minimum atomic E-state index is -0.117. The maximum absolute atomic E-state index is 12.4. The fourth-order valence-electron chi connectivity index (χ4n) is 4.77. The number of fused-ring (bicyclic) bond motifs is 1. The van der Waals surface area contributed by atoms with Gasteiger partial charge in [-0.05, 0) is 33.6 Å². The van der Waals surface area contributed by atoms with Gasteiger partial charge in [0.25, 0.3) is 0 Å². The van der Waals surface area contributed by atoms with E-state index in [1.54, 1.807) is 11.3 Å². The van der Waals surface area contributed by atoms with E-state index in [-0.39, 0.29) is 11.4 Å². The highest BCUT2D eigenvalue weighted by atomic mass is 32.1. The molecule has 2 aliphatic rings. The quantitative estimate of drug-likeness (QED) is 0.557. The van der Waals surface area contributed by atoms with Crippen LogP contribution in [0.25, 0.3) is 16.2 Å². The Hall–Kier alpha value is -2.65. The van der Waals surface area contributed by atoms with Gasteiger partial charge in [0.15, 0.2) is 5.82 Å². The average molecular weight is 482 g/mol. The van der Waals surface area contributed by atoms with Gasteiger partial charge in [0, 0.05) is 43.3 Å². The van der Waals surface area contributed by atoms with Gasteiger partial charge in [-0.25, -0.2) is 4.98 Å². The summed E-state index contributed by atoms with van der Waals surface area (Å²) in [5, 5.41) is 12.8. The number of piperazine rings is 1. The molecule has 1 saturated carbocycles. The Morgan fingerprint density at radius 3 is 2.47 bits per heavy atom. The smallest absolute Gasteiger partial charge is 0.234 e. The van der Waals surface area contributed by atoms with Gasteiger partial charge in [0.2, 0.25) is 16.0 Å². The molecule has 0 radical (unpaired) electrons. The molecule has 0 atom stereocenters. The number of carbonyl (C=O) groups is 1. The monoisotopic (exact) mass is 481 g/mol. The number of hydrogen-bond donors (Lipinski definition) is 2. The van der Waals surface area contributed by atoms with Crippen LogP contribution in [0.4, 0.5) is 10.9 Å². The summed E-state index contributed by atoms with van der Waals surface area (Å²) >= 11 is 1.62. The number of aromatic nitrogens is 3. The van der Waals surface area contributed by atoms with Crippen LogP contribution in [0, 0.1) is 0 Å². The molecular weight excluding hydrogens is 446 g/mol. The van der Waals surface area contributed by atoms with Gasteiger partial charge in [0.05, 0.1) is 6.54 Å². The SMILES string of the molecule is CC(C)(C)Nc1c(-c2ccccc2)nc2sc(N3CCN(CC(=O)NC4CCCC4)CC3)nn12. The number of hydrogen-bond acceptors (Lipinski definition) is 7. The van der Waals surface area contributed by atoms with Crippen molar-refractivity contribution in [3.8, 4) is 11.3 Å². The van der Waals surface area contributed by atoms with Gasteiger partial charge >= 0.3 is 0 Å². The molecular formula is C25H35N7OS. The zero-order valence-electron chi connectivity index (χ0n) is 20.4. The zero-order valence-corrected chi connectivity index (χ0v) is 21.2. The van der Waals surface area contributed by atoms with Gasteiger partial charge in [-0.1, -0.05) is 54.5 Å². The van der Waals surface area contributed by atoms with Crippen molar-refractivity contribution in [2.75, 3.05) is 42.9 Å². The van der Waals surface area contributed by atoms with Crippen LogP contribution in [0.15, 0.2) is 30.3 Å². The Morgan fingerprint density at radius 2 is 1.79 bits per heavy atom. The Balaban J connectivity index is 1.28. The molecule has 34 heavy (non-hydrogen) atoms. The third-order valence-electron chi connectivity index (χ3n) is 6.46. The third-order valence-corrected chi connectivity index (χ3v) is 7.43. The molecule has 0 unspecified atom stereocenters. The van der Waals surface area contributed by atoms with Crippen LogP contribution in [0.1, 0.15) is 46.5 Å². The highest BCUT2D eigenvalue weighted by Gasteiger charge is 2.26. The van der Waals surface area contributed by atoms with E-state index in [0.29, 0.717) is 12.6 Å². The van der Waals surface area contributed by atoms with Crippen LogP contribution in [0.5, 0.6) is 0 Å². The number of rotatable bonds is 6. The lowest BCUT2D eigenvalue weighted by atomic mass is 10.1. The Labute approximate surface area is 205 Å². The lowest BCUT2D eigenvalue weighted by Crippen LogP contribution is -2.50. The lowest BCUT2D eigenvalue weighted by molar-refractivity contribution is -0.123. The molecule has 1 aliphatic carbocycles. The number of nitrogens with one attached hydrogen (secondary N) is 2. The van der Waals surface area contributed by atoms with Crippen molar-refractivity contribution in [3.05, 3.63) is 30.3 Å². The molecule has 0 bridgehead atoms. The molecule has 0 spiro atoms. The maximum Gasteiger partial charge on any atom is 0.234 e. The van der Waals surface area contributed by atoms with E-state index in [0.717, 1.165) is 66.2 Å². The van der Waals surface area contributed by atoms with E-state index < -0.39 is 0 Å². The Morgan fingerprint density at radius 1 is 1.09 bits per heavy atom. The maximum atomic E-state index is 12.4. The number of nitrogens with zero attached hydrogens (tertiary/aromatic N) is 5.